The third kappa shape index (κ3) is 3.98. The van der Waals surface area contributed by atoms with Crippen LogP contribution in [0.1, 0.15) is 32.1 Å². The van der Waals surface area contributed by atoms with E-state index >= 15 is 0 Å². The summed E-state index contributed by atoms with van der Waals surface area (Å²) in [6.45, 7) is 4.81. The Balaban J connectivity index is 1.41. The first-order valence-electron chi connectivity index (χ1n) is 7.89. The SMILES string of the molecule is O=C(CC1CCN(Cn2cc(Cl)cn2)CC1)N1CCCC1. The number of halogens is 1. The van der Waals surface area contributed by atoms with Gasteiger partial charge < -0.3 is 4.90 Å². The van der Waals surface area contributed by atoms with Crippen molar-refractivity contribution in [2.75, 3.05) is 26.2 Å². The van der Waals surface area contributed by atoms with E-state index in [0.717, 1.165) is 52.1 Å². The predicted octanol–water partition coefficient (Wildman–Crippen LogP) is 2.22. The van der Waals surface area contributed by atoms with Gasteiger partial charge in [-0.25, -0.2) is 0 Å². The Morgan fingerprint density at radius 2 is 1.95 bits per heavy atom. The third-order valence-electron chi connectivity index (χ3n) is 4.58. The summed E-state index contributed by atoms with van der Waals surface area (Å²) in [5.41, 5.74) is 0. The molecule has 21 heavy (non-hydrogen) atoms. The topological polar surface area (TPSA) is 41.4 Å². The number of nitrogens with zero attached hydrogens (tertiary/aromatic N) is 4. The van der Waals surface area contributed by atoms with Crippen molar-refractivity contribution in [3.05, 3.63) is 17.4 Å². The van der Waals surface area contributed by atoms with Crippen LogP contribution in [0.4, 0.5) is 0 Å². The Labute approximate surface area is 130 Å². The molecule has 0 radical (unpaired) electrons. The molecule has 1 aromatic rings. The monoisotopic (exact) mass is 310 g/mol. The molecule has 2 aliphatic heterocycles. The lowest BCUT2D eigenvalue weighted by Gasteiger charge is -2.32. The van der Waals surface area contributed by atoms with Crippen molar-refractivity contribution in [3.8, 4) is 0 Å². The molecular formula is C15H23ClN4O. The molecule has 0 aromatic carbocycles. The highest BCUT2D eigenvalue weighted by Crippen LogP contribution is 2.23. The summed E-state index contributed by atoms with van der Waals surface area (Å²) < 4.78 is 1.87. The molecule has 5 nitrogen and oxygen atoms in total. The number of likely N-dealkylation sites (tertiary alicyclic amines) is 2. The van der Waals surface area contributed by atoms with E-state index in [1.807, 2.05) is 15.8 Å². The Morgan fingerprint density at radius 3 is 2.57 bits per heavy atom. The number of hydrogen-bond acceptors (Lipinski definition) is 3. The second kappa shape index (κ2) is 6.79. The lowest BCUT2D eigenvalue weighted by molar-refractivity contribution is -0.131. The number of rotatable bonds is 4. The van der Waals surface area contributed by atoms with Crippen LogP contribution in [0, 0.1) is 5.92 Å². The fraction of sp³-hybridized carbons (Fsp3) is 0.733. The Morgan fingerprint density at radius 1 is 1.24 bits per heavy atom. The van der Waals surface area contributed by atoms with Gasteiger partial charge in [-0.3, -0.25) is 14.4 Å². The van der Waals surface area contributed by atoms with Crippen LogP contribution in [-0.4, -0.2) is 51.7 Å². The molecule has 0 saturated carbocycles. The minimum atomic E-state index is 0.366. The van der Waals surface area contributed by atoms with E-state index in [-0.39, 0.29) is 0 Å². The molecule has 3 heterocycles. The van der Waals surface area contributed by atoms with Crippen molar-refractivity contribution in [2.24, 2.45) is 5.92 Å². The molecule has 2 fully saturated rings. The van der Waals surface area contributed by atoms with Gasteiger partial charge in [-0.15, -0.1) is 0 Å². The number of hydrogen-bond donors (Lipinski definition) is 0. The average Bonchev–Trinajstić information content (AvgIpc) is 3.13. The first-order valence-corrected chi connectivity index (χ1v) is 8.26. The maximum absolute atomic E-state index is 12.2. The van der Waals surface area contributed by atoms with Crippen molar-refractivity contribution in [1.29, 1.82) is 0 Å². The van der Waals surface area contributed by atoms with Crippen LogP contribution in [0.2, 0.25) is 5.02 Å². The molecule has 0 spiro atoms. The standard InChI is InChI=1S/C15H23ClN4O/c16-14-10-17-20(11-14)12-18-7-3-13(4-8-18)9-15(21)19-5-1-2-6-19/h10-11,13H,1-9,12H2. The van der Waals surface area contributed by atoms with E-state index in [1.165, 1.54) is 12.8 Å². The van der Waals surface area contributed by atoms with Gasteiger partial charge in [0, 0.05) is 38.8 Å². The smallest absolute Gasteiger partial charge is 0.222 e. The number of piperidine rings is 1. The molecule has 116 valence electrons. The zero-order valence-electron chi connectivity index (χ0n) is 12.4. The molecule has 0 bridgehead atoms. The highest BCUT2D eigenvalue weighted by molar-refractivity contribution is 6.30. The summed E-state index contributed by atoms with van der Waals surface area (Å²) in [6, 6.07) is 0. The minimum Gasteiger partial charge on any atom is -0.343 e. The Hall–Kier alpha value is -1.07. The molecule has 2 aliphatic rings. The summed E-state index contributed by atoms with van der Waals surface area (Å²) in [6.07, 6.45) is 8.82. The van der Waals surface area contributed by atoms with Crippen molar-refractivity contribution >= 4 is 17.5 Å². The lowest BCUT2D eigenvalue weighted by Crippen LogP contribution is -2.37. The molecule has 6 heteroatoms. The van der Waals surface area contributed by atoms with Gasteiger partial charge in [0.2, 0.25) is 5.91 Å². The first-order chi connectivity index (χ1) is 10.2. The summed E-state index contributed by atoms with van der Waals surface area (Å²) in [5, 5.41) is 4.89. The van der Waals surface area contributed by atoms with Crippen LogP contribution >= 0.6 is 11.6 Å². The molecule has 0 N–H and O–H groups in total. The minimum absolute atomic E-state index is 0.366. The van der Waals surface area contributed by atoms with Crippen molar-refractivity contribution in [3.63, 3.8) is 0 Å². The normalized spacial score (nSPS) is 21.1. The van der Waals surface area contributed by atoms with Crippen molar-refractivity contribution in [1.82, 2.24) is 19.6 Å². The summed E-state index contributed by atoms with van der Waals surface area (Å²) >= 11 is 5.88. The fourth-order valence-corrected chi connectivity index (χ4v) is 3.45. The van der Waals surface area contributed by atoms with Crippen LogP contribution in [-0.2, 0) is 11.5 Å². The van der Waals surface area contributed by atoms with Gasteiger partial charge in [-0.05, 0) is 31.6 Å². The van der Waals surface area contributed by atoms with Crippen LogP contribution < -0.4 is 0 Å². The number of aromatic nitrogens is 2. The number of amides is 1. The lowest BCUT2D eigenvalue weighted by atomic mass is 9.93. The Bertz CT molecular complexity index is 476. The maximum atomic E-state index is 12.2. The number of carbonyl (C=O) groups is 1. The van der Waals surface area contributed by atoms with Crippen LogP contribution in [0.15, 0.2) is 12.4 Å². The van der Waals surface area contributed by atoms with E-state index in [1.54, 1.807) is 6.20 Å². The van der Waals surface area contributed by atoms with Gasteiger partial charge in [0.15, 0.2) is 0 Å². The molecule has 0 atom stereocenters. The van der Waals surface area contributed by atoms with E-state index in [9.17, 15) is 4.79 Å². The van der Waals surface area contributed by atoms with Crippen LogP contribution in [0.3, 0.4) is 0 Å². The predicted molar refractivity (Wildman–Crippen MR) is 82.0 cm³/mol. The summed E-state index contributed by atoms with van der Waals surface area (Å²) in [4.78, 5) is 16.6. The maximum Gasteiger partial charge on any atom is 0.222 e. The molecule has 1 aromatic heterocycles. The molecule has 2 saturated heterocycles. The van der Waals surface area contributed by atoms with Gasteiger partial charge in [-0.1, -0.05) is 11.6 Å². The Kier molecular flexibility index (Phi) is 4.80. The van der Waals surface area contributed by atoms with Crippen molar-refractivity contribution < 1.29 is 4.79 Å². The highest BCUT2D eigenvalue weighted by atomic mass is 35.5. The second-order valence-electron chi connectivity index (χ2n) is 6.19. The summed E-state index contributed by atoms with van der Waals surface area (Å²) in [7, 11) is 0. The fourth-order valence-electron chi connectivity index (χ4n) is 3.30. The summed E-state index contributed by atoms with van der Waals surface area (Å²) in [5.74, 6) is 0.917. The zero-order chi connectivity index (χ0) is 14.7. The van der Waals surface area contributed by atoms with Gasteiger partial charge >= 0.3 is 0 Å². The highest BCUT2D eigenvalue weighted by Gasteiger charge is 2.25. The molecule has 0 aliphatic carbocycles. The van der Waals surface area contributed by atoms with Gasteiger partial charge in [0.05, 0.1) is 17.9 Å². The van der Waals surface area contributed by atoms with Crippen LogP contribution in [0.25, 0.3) is 0 Å². The van der Waals surface area contributed by atoms with Gasteiger partial charge in [0.25, 0.3) is 0 Å². The number of carbonyl (C=O) groups excluding carboxylic acids is 1. The van der Waals surface area contributed by atoms with E-state index < -0.39 is 0 Å². The van der Waals surface area contributed by atoms with Gasteiger partial charge in [-0.2, -0.15) is 5.10 Å². The second-order valence-corrected chi connectivity index (χ2v) is 6.63. The molecular weight excluding hydrogens is 288 g/mol. The largest absolute Gasteiger partial charge is 0.343 e. The van der Waals surface area contributed by atoms with E-state index in [4.69, 9.17) is 11.6 Å². The zero-order valence-corrected chi connectivity index (χ0v) is 13.1. The van der Waals surface area contributed by atoms with Gasteiger partial charge in [0.1, 0.15) is 0 Å². The quantitative estimate of drug-likeness (QED) is 0.856. The van der Waals surface area contributed by atoms with E-state index in [0.29, 0.717) is 16.8 Å². The third-order valence-corrected chi connectivity index (χ3v) is 4.77. The van der Waals surface area contributed by atoms with Crippen molar-refractivity contribution in [2.45, 2.75) is 38.8 Å². The molecule has 0 unspecified atom stereocenters. The first kappa shape index (κ1) is 14.9. The van der Waals surface area contributed by atoms with Crippen LogP contribution in [0.5, 0.6) is 0 Å². The molecule has 3 rings (SSSR count). The average molecular weight is 311 g/mol. The van der Waals surface area contributed by atoms with E-state index in [2.05, 4.69) is 10.00 Å². The molecule has 1 amide bonds.